The van der Waals surface area contributed by atoms with Crippen LogP contribution in [-0.2, 0) is 16.6 Å². The highest BCUT2D eigenvalue weighted by Crippen LogP contribution is 2.23. The number of hydrogen-bond acceptors (Lipinski definition) is 4. The Labute approximate surface area is 120 Å². The third-order valence-electron chi connectivity index (χ3n) is 3.14. The molecule has 20 heavy (non-hydrogen) atoms. The Hall–Kier alpha value is -1.02. The predicted octanol–water partition coefficient (Wildman–Crippen LogP) is 0.775. The highest BCUT2D eigenvalue weighted by Gasteiger charge is 2.24. The molecule has 1 rings (SSSR count). The lowest BCUT2D eigenvalue weighted by Crippen LogP contribution is -2.34. The molecule has 0 amide bonds. The lowest BCUT2D eigenvalue weighted by atomic mass is 10.1. The van der Waals surface area contributed by atoms with E-state index in [9.17, 15) is 12.8 Å². The van der Waals surface area contributed by atoms with Crippen molar-refractivity contribution in [2.24, 2.45) is 5.73 Å². The van der Waals surface area contributed by atoms with E-state index in [2.05, 4.69) is 0 Å². The van der Waals surface area contributed by atoms with E-state index >= 15 is 0 Å². The Bertz CT molecular complexity index is 573. The number of hydrogen-bond donors (Lipinski definition) is 1. The molecule has 0 saturated carbocycles. The van der Waals surface area contributed by atoms with Crippen LogP contribution in [0.3, 0.4) is 0 Å². The van der Waals surface area contributed by atoms with Crippen molar-refractivity contribution in [2.75, 3.05) is 34.2 Å². The molecule has 0 radical (unpaired) electrons. The molecule has 0 aliphatic rings. The van der Waals surface area contributed by atoms with E-state index in [1.165, 1.54) is 30.4 Å². The van der Waals surface area contributed by atoms with Crippen LogP contribution in [0.4, 0.5) is 4.39 Å². The zero-order valence-corrected chi connectivity index (χ0v) is 13.2. The minimum atomic E-state index is -3.71. The number of rotatable bonds is 6. The molecule has 2 N–H and O–H groups in total. The molecule has 5 nitrogen and oxygen atoms in total. The van der Waals surface area contributed by atoms with Gasteiger partial charge in [0, 0.05) is 32.2 Å². The van der Waals surface area contributed by atoms with Gasteiger partial charge in [0.15, 0.2) is 0 Å². The summed E-state index contributed by atoms with van der Waals surface area (Å²) in [7, 11) is 1.51. The van der Waals surface area contributed by atoms with Gasteiger partial charge in [0.25, 0.3) is 0 Å². The second kappa shape index (κ2) is 6.62. The summed E-state index contributed by atoms with van der Waals surface area (Å²) in [6.45, 7) is 2.49. The fourth-order valence-corrected chi connectivity index (χ4v) is 3.16. The lowest BCUT2D eigenvalue weighted by molar-refractivity contribution is 0.358. The summed E-state index contributed by atoms with van der Waals surface area (Å²) in [6, 6.07) is 2.72. The van der Waals surface area contributed by atoms with E-state index < -0.39 is 15.8 Å². The maximum Gasteiger partial charge on any atom is 0.243 e. The zero-order chi connectivity index (χ0) is 15.5. The van der Waals surface area contributed by atoms with Gasteiger partial charge in [-0.1, -0.05) is 0 Å². The van der Waals surface area contributed by atoms with E-state index in [0.717, 1.165) is 0 Å². The van der Waals surface area contributed by atoms with Gasteiger partial charge in [-0.2, -0.15) is 4.31 Å². The van der Waals surface area contributed by atoms with Crippen molar-refractivity contribution in [3.8, 4) is 0 Å². The van der Waals surface area contributed by atoms with Gasteiger partial charge in [-0.3, -0.25) is 0 Å². The van der Waals surface area contributed by atoms with Crippen molar-refractivity contribution < 1.29 is 12.8 Å². The second-order valence-corrected chi connectivity index (χ2v) is 7.05. The number of nitrogens with zero attached hydrogens (tertiary/aromatic N) is 2. The van der Waals surface area contributed by atoms with Crippen LogP contribution in [0.15, 0.2) is 17.0 Å². The Kier molecular flexibility index (Phi) is 5.64. The first-order valence-corrected chi connectivity index (χ1v) is 7.74. The van der Waals surface area contributed by atoms with Gasteiger partial charge in [0.1, 0.15) is 5.82 Å². The molecule has 7 heteroatoms. The Morgan fingerprint density at radius 1 is 1.20 bits per heavy atom. The Morgan fingerprint density at radius 3 is 2.30 bits per heavy atom. The standard InChI is InChI=1S/C13H22FN3O2S/c1-10-12(14)7-11(9-15)8-13(10)20(18,19)17(4)6-5-16(2)3/h7-8H,5-6,9,15H2,1-4H3. The first kappa shape index (κ1) is 17.0. The molecule has 0 heterocycles. The summed E-state index contributed by atoms with van der Waals surface area (Å²) in [5, 5.41) is 0. The average molecular weight is 303 g/mol. The second-order valence-electron chi connectivity index (χ2n) is 5.03. The Morgan fingerprint density at radius 2 is 1.80 bits per heavy atom. The summed E-state index contributed by atoms with van der Waals surface area (Å²) >= 11 is 0. The van der Waals surface area contributed by atoms with Crippen molar-refractivity contribution in [1.82, 2.24) is 9.21 Å². The van der Waals surface area contributed by atoms with Gasteiger partial charge in [-0.15, -0.1) is 0 Å². The van der Waals surface area contributed by atoms with E-state index in [0.29, 0.717) is 18.7 Å². The summed E-state index contributed by atoms with van der Waals surface area (Å²) < 4.78 is 40.0. The fourth-order valence-electron chi connectivity index (χ4n) is 1.72. The molecule has 0 bridgehead atoms. The predicted molar refractivity (Wildman–Crippen MR) is 77.4 cm³/mol. The smallest absolute Gasteiger partial charge is 0.243 e. The number of halogens is 1. The van der Waals surface area contributed by atoms with Crippen molar-refractivity contribution >= 4 is 10.0 Å². The molecule has 0 fully saturated rings. The number of sulfonamides is 1. The van der Waals surface area contributed by atoms with Crippen LogP contribution in [0, 0.1) is 12.7 Å². The van der Waals surface area contributed by atoms with Crippen LogP contribution < -0.4 is 5.73 Å². The average Bonchev–Trinajstić information content (AvgIpc) is 2.38. The molecule has 0 aliphatic heterocycles. The number of likely N-dealkylation sites (N-methyl/N-ethyl adjacent to an activating group) is 2. The topological polar surface area (TPSA) is 66.6 Å². The molecular weight excluding hydrogens is 281 g/mol. The molecule has 0 unspecified atom stereocenters. The van der Waals surface area contributed by atoms with Gasteiger partial charge in [0.2, 0.25) is 10.0 Å². The molecule has 0 aromatic heterocycles. The van der Waals surface area contributed by atoms with Crippen LogP contribution in [0.5, 0.6) is 0 Å². The zero-order valence-electron chi connectivity index (χ0n) is 12.4. The first-order chi connectivity index (χ1) is 9.20. The van der Waals surface area contributed by atoms with E-state index in [1.807, 2.05) is 19.0 Å². The highest BCUT2D eigenvalue weighted by atomic mass is 32.2. The monoisotopic (exact) mass is 303 g/mol. The van der Waals surface area contributed by atoms with Crippen molar-refractivity contribution in [3.05, 3.63) is 29.1 Å². The fraction of sp³-hybridized carbons (Fsp3) is 0.538. The van der Waals surface area contributed by atoms with Gasteiger partial charge in [-0.25, -0.2) is 12.8 Å². The minimum absolute atomic E-state index is 0.0146. The Balaban J connectivity index is 3.18. The van der Waals surface area contributed by atoms with Crippen molar-refractivity contribution in [3.63, 3.8) is 0 Å². The molecule has 1 aromatic rings. The third kappa shape index (κ3) is 3.76. The maximum absolute atomic E-state index is 13.8. The van der Waals surface area contributed by atoms with E-state index in [4.69, 9.17) is 5.73 Å². The number of benzene rings is 1. The normalized spacial score (nSPS) is 12.4. The first-order valence-electron chi connectivity index (χ1n) is 6.30. The minimum Gasteiger partial charge on any atom is -0.326 e. The van der Waals surface area contributed by atoms with E-state index in [-0.39, 0.29) is 17.0 Å². The quantitative estimate of drug-likeness (QED) is 0.843. The highest BCUT2D eigenvalue weighted by molar-refractivity contribution is 7.89. The SMILES string of the molecule is Cc1c(F)cc(CN)cc1S(=O)(=O)N(C)CCN(C)C. The molecule has 0 aliphatic carbocycles. The van der Waals surface area contributed by atoms with Crippen LogP contribution in [0.25, 0.3) is 0 Å². The summed E-state index contributed by atoms with van der Waals surface area (Å²) in [4.78, 5) is 1.87. The summed E-state index contributed by atoms with van der Waals surface area (Å²) in [6.07, 6.45) is 0. The lowest BCUT2D eigenvalue weighted by Gasteiger charge is -2.21. The van der Waals surface area contributed by atoms with Crippen LogP contribution in [0.2, 0.25) is 0 Å². The van der Waals surface area contributed by atoms with Gasteiger partial charge in [0.05, 0.1) is 4.90 Å². The van der Waals surface area contributed by atoms with Crippen molar-refractivity contribution in [1.29, 1.82) is 0 Å². The van der Waals surface area contributed by atoms with Gasteiger partial charge < -0.3 is 10.6 Å². The van der Waals surface area contributed by atoms with Crippen LogP contribution >= 0.6 is 0 Å². The molecular formula is C13H22FN3O2S. The maximum atomic E-state index is 13.8. The van der Waals surface area contributed by atoms with Crippen LogP contribution in [-0.4, -0.2) is 51.9 Å². The largest absolute Gasteiger partial charge is 0.326 e. The molecule has 114 valence electrons. The van der Waals surface area contributed by atoms with Gasteiger partial charge in [-0.05, 0) is 38.7 Å². The number of nitrogens with two attached hydrogens (primary N) is 1. The van der Waals surface area contributed by atoms with E-state index in [1.54, 1.807) is 0 Å². The van der Waals surface area contributed by atoms with Crippen molar-refractivity contribution in [2.45, 2.75) is 18.4 Å². The summed E-state index contributed by atoms with van der Waals surface area (Å²) in [5.74, 6) is -0.549. The summed E-state index contributed by atoms with van der Waals surface area (Å²) in [5.41, 5.74) is 6.06. The third-order valence-corrected chi connectivity index (χ3v) is 5.13. The molecule has 0 saturated heterocycles. The molecule has 1 aromatic carbocycles. The van der Waals surface area contributed by atoms with Gasteiger partial charge >= 0.3 is 0 Å². The molecule has 0 atom stereocenters. The van der Waals surface area contributed by atoms with Crippen LogP contribution in [0.1, 0.15) is 11.1 Å². The molecule has 0 spiro atoms.